The van der Waals surface area contributed by atoms with Crippen LogP contribution in [0.4, 0.5) is 5.69 Å². The summed E-state index contributed by atoms with van der Waals surface area (Å²) in [5.41, 5.74) is 2.60. The van der Waals surface area contributed by atoms with Crippen LogP contribution >= 0.6 is 27.5 Å². The molecule has 0 radical (unpaired) electrons. The molecule has 2 aromatic rings. The van der Waals surface area contributed by atoms with Gasteiger partial charge in [-0.25, -0.2) is 0 Å². The smallest absolute Gasteiger partial charge is 0.109 e. The van der Waals surface area contributed by atoms with Crippen molar-refractivity contribution in [2.24, 2.45) is 0 Å². The maximum Gasteiger partial charge on any atom is 0.109 e. The standard InChI is InChI=1S/C20H25BrClNSi/c1-19(2,3)24(4,5)20(21)18(15-9-7-6-8-10-15)23(20)17-13-11-16(22)12-14-17/h6-14,18H,1-5H3. The molecular weight excluding hydrogens is 398 g/mol. The minimum atomic E-state index is -1.69. The Kier molecular flexibility index (Phi) is 4.43. The lowest BCUT2D eigenvalue weighted by Gasteiger charge is -2.41. The predicted octanol–water partition coefficient (Wildman–Crippen LogP) is 7.04. The molecule has 0 aromatic heterocycles. The summed E-state index contributed by atoms with van der Waals surface area (Å²) in [5.74, 6) is 0. The highest BCUT2D eigenvalue weighted by molar-refractivity contribution is 9.10. The van der Waals surface area contributed by atoms with Gasteiger partial charge in [-0.3, -0.25) is 0 Å². The third kappa shape index (κ3) is 2.65. The summed E-state index contributed by atoms with van der Waals surface area (Å²) in [5, 5.41) is 1.06. The normalized spacial score (nSPS) is 24.1. The van der Waals surface area contributed by atoms with E-state index in [1.165, 1.54) is 11.3 Å². The summed E-state index contributed by atoms with van der Waals surface area (Å²) in [4.78, 5) is 2.54. The van der Waals surface area contributed by atoms with Crippen LogP contribution in [0.15, 0.2) is 54.6 Å². The van der Waals surface area contributed by atoms with Gasteiger partial charge in [0.15, 0.2) is 0 Å². The molecule has 1 heterocycles. The molecule has 3 rings (SSSR count). The third-order valence-corrected chi connectivity index (χ3v) is 15.9. The molecular formula is C20H25BrClNSi. The predicted molar refractivity (Wildman–Crippen MR) is 112 cm³/mol. The van der Waals surface area contributed by atoms with E-state index in [0.717, 1.165) is 5.02 Å². The van der Waals surface area contributed by atoms with Gasteiger partial charge < -0.3 is 4.90 Å². The van der Waals surface area contributed by atoms with Gasteiger partial charge >= 0.3 is 0 Å². The Morgan fingerprint density at radius 2 is 1.54 bits per heavy atom. The molecule has 0 spiro atoms. The lowest BCUT2D eigenvalue weighted by atomic mass is 10.1. The number of hydrogen-bond acceptors (Lipinski definition) is 1. The number of anilines is 1. The fraction of sp³-hybridized carbons (Fsp3) is 0.400. The molecule has 1 saturated heterocycles. The van der Waals surface area contributed by atoms with Crippen LogP contribution in [0, 0.1) is 0 Å². The molecule has 0 bridgehead atoms. The highest BCUT2D eigenvalue weighted by Gasteiger charge is 2.72. The van der Waals surface area contributed by atoms with E-state index in [0.29, 0.717) is 6.04 Å². The minimum absolute atomic E-state index is 0.00737. The van der Waals surface area contributed by atoms with E-state index in [1.54, 1.807) is 0 Å². The lowest BCUT2D eigenvalue weighted by Crippen LogP contribution is -2.51. The van der Waals surface area contributed by atoms with Crippen LogP contribution in [0.2, 0.25) is 23.2 Å². The van der Waals surface area contributed by atoms with Crippen LogP contribution in [0.1, 0.15) is 32.4 Å². The van der Waals surface area contributed by atoms with Crippen molar-refractivity contribution in [2.45, 2.75) is 49.0 Å². The Bertz CT molecular complexity index is 724. The van der Waals surface area contributed by atoms with Crippen molar-refractivity contribution >= 4 is 41.3 Å². The molecule has 0 aliphatic carbocycles. The zero-order valence-electron chi connectivity index (χ0n) is 15.0. The van der Waals surface area contributed by atoms with Gasteiger partial charge in [0, 0.05) is 10.7 Å². The number of benzene rings is 2. The van der Waals surface area contributed by atoms with E-state index in [4.69, 9.17) is 11.6 Å². The highest BCUT2D eigenvalue weighted by atomic mass is 79.9. The van der Waals surface area contributed by atoms with E-state index >= 15 is 0 Å². The van der Waals surface area contributed by atoms with Crippen LogP contribution in [-0.2, 0) is 0 Å². The molecule has 0 saturated carbocycles. The maximum absolute atomic E-state index is 6.10. The summed E-state index contributed by atoms with van der Waals surface area (Å²) in [7, 11) is -1.69. The Hall–Kier alpha value is -0.773. The largest absolute Gasteiger partial charge is 0.347 e. The van der Waals surface area contributed by atoms with E-state index in [1.807, 2.05) is 12.1 Å². The first-order valence-corrected chi connectivity index (χ1v) is 12.6. The fourth-order valence-corrected chi connectivity index (χ4v) is 8.89. The van der Waals surface area contributed by atoms with Gasteiger partial charge in [-0.2, -0.15) is 0 Å². The number of nitrogens with zero attached hydrogens (tertiary/aromatic N) is 1. The number of rotatable bonds is 3. The van der Waals surface area contributed by atoms with Crippen LogP contribution in [0.5, 0.6) is 0 Å². The monoisotopic (exact) mass is 421 g/mol. The molecule has 2 unspecified atom stereocenters. The first-order valence-electron chi connectivity index (χ1n) is 8.39. The molecule has 1 aliphatic rings. The molecule has 1 fully saturated rings. The summed E-state index contributed by atoms with van der Waals surface area (Å²) in [6.07, 6.45) is 0. The SMILES string of the molecule is CC(C)(C)[Si](C)(C)C1(Br)C(c2ccccc2)N1c1ccc(Cl)cc1. The van der Waals surface area contributed by atoms with Crippen molar-refractivity contribution < 1.29 is 0 Å². The van der Waals surface area contributed by atoms with Gasteiger partial charge in [-0.1, -0.05) is 91.7 Å². The number of alkyl halides is 1. The molecule has 0 amide bonds. The van der Waals surface area contributed by atoms with Crippen molar-refractivity contribution in [1.82, 2.24) is 0 Å². The van der Waals surface area contributed by atoms with Crippen LogP contribution in [-0.4, -0.2) is 12.1 Å². The van der Waals surface area contributed by atoms with Crippen molar-refractivity contribution in [1.29, 1.82) is 0 Å². The number of hydrogen-bond donors (Lipinski definition) is 0. The molecule has 2 atom stereocenters. The Labute approximate surface area is 160 Å². The van der Waals surface area contributed by atoms with Crippen molar-refractivity contribution in [3.8, 4) is 0 Å². The zero-order chi connectivity index (χ0) is 17.8. The topological polar surface area (TPSA) is 3.01 Å². The Morgan fingerprint density at radius 3 is 2.04 bits per heavy atom. The first kappa shape index (κ1) is 18.0. The van der Waals surface area contributed by atoms with E-state index in [-0.39, 0.29) is 9.11 Å². The zero-order valence-corrected chi connectivity index (χ0v) is 18.3. The molecule has 1 nitrogen and oxygen atoms in total. The number of halogens is 2. The molecule has 24 heavy (non-hydrogen) atoms. The highest BCUT2D eigenvalue weighted by Crippen LogP contribution is 2.67. The second kappa shape index (κ2) is 5.89. The molecule has 4 heteroatoms. The lowest BCUT2D eigenvalue weighted by molar-refractivity contribution is 0.707. The molecule has 2 aromatic carbocycles. The quantitative estimate of drug-likeness (QED) is 0.222. The first-order chi connectivity index (χ1) is 11.1. The van der Waals surface area contributed by atoms with E-state index < -0.39 is 8.07 Å². The van der Waals surface area contributed by atoms with Gasteiger partial charge in [0.05, 0.1) is 14.1 Å². The fourth-order valence-electron chi connectivity index (χ4n) is 3.38. The third-order valence-electron chi connectivity index (χ3n) is 5.88. The van der Waals surface area contributed by atoms with E-state index in [2.05, 4.69) is 97.2 Å². The average Bonchev–Trinajstić information content (AvgIpc) is 3.16. The minimum Gasteiger partial charge on any atom is -0.347 e. The second-order valence-corrected chi connectivity index (χ2v) is 16.1. The van der Waals surface area contributed by atoms with Gasteiger partial charge in [0.25, 0.3) is 0 Å². The summed E-state index contributed by atoms with van der Waals surface area (Å²) < 4.78 is 0.00737. The molecule has 0 N–H and O–H groups in total. The van der Waals surface area contributed by atoms with E-state index in [9.17, 15) is 0 Å². The summed E-state index contributed by atoms with van der Waals surface area (Å²) in [6.45, 7) is 12.1. The van der Waals surface area contributed by atoms with Crippen LogP contribution in [0.25, 0.3) is 0 Å². The van der Waals surface area contributed by atoms with Crippen molar-refractivity contribution in [3.63, 3.8) is 0 Å². The van der Waals surface area contributed by atoms with Gasteiger partial charge in [-0.05, 0) is 34.9 Å². The van der Waals surface area contributed by atoms with Crippen LogP contribution < -0.4 is 4.90 Å². The van der Waals surface area contributed by atoms with Crippen LogP contribution in [0.3, 0.4) is 0 Å². The summed E-state index contributed by atoms with van der Waals surface area (Å²) in [6, 6.07) is 19.4. The second-order valence-electron chi connectivity index (χ2n) is 8.21. The maximum atomic E-state index is 6.10. The average molecular weight is 423 g/mol. The summed E-state index contributed by atoms with van der Waals surface area (Å²) >= 11 is 10.3. The van der Waals surface area contributed by atoms with Gasteiger partial charge in [0.2, 0.25) is 0 Å². The Morgan fingerprint density at radius 1 is 1.00 bits per heavy atom. The van der Waals surface area contributed by atoms with Gasteiger partial charge in [-0.15, -0.1) is 0 Å². The van der Waals surface area contributed by atoms with Crippen molar-refractivity contribution in [2.75, 3.05) is 4.90 Å². The van der Waals surface area contributed by atoms with Crippen molar-refractivity contribution in [3.05, 3.63) is 65.2 Å². The Balaban J connectivity index is 2.10. The molecule has 128 valence electrons. The van der Waals surface area contributed by atoms with Gasteiger partial charge in [0.1, 0.15) is 4.07 Å². The molecule has 1 aliphatic heterocycles.